The van der Waals surface area contributed by atoms with Crippen LogP contribution in [0.3, 0.4) is 0 Å². The first-order valence-electron chi connectivity index (χ1n) is 11.2. The number of nitrogens with zero attached hydrogens (tertiary/aromatic N) is 1. The summed E-state index contributed by atoms with van der Waals surface area (Å²) in [7, 11) is 0. The molecular weight excluding hydrogens is 194 g/mol. The molecule has 1 nitrogen and oxygen atoms in total. The van der Waals surface area contributed by atoms with Crippen LogP contribution < -0.4 is 0 Å². The fraction of sp³-hybridized carbons (Fsp3) is 1.00. The third kappa shape index (κ3) is 2.16. The Bertz CT molecular complexity index is 620. The fourth-order valence-corrected chi connectivity index (χ4v) is 1.83. The van der Waals surface area contributed by atoms with Crippen molar-refractivity contribution >= 4 is 0 Å². The first-order valence-corrected chi connectivity index (χ1v) is 5.67. The van der Waals surface area contributed by atoms with E-state index in [1.165, 1.54) is 41.5 Å². The van der Waals surface area contributed by atoms with Crippen LogP contribution in [-0.4, -0.2) is 22.5 Å². The number of fused-ring (bicyclic) bond motifs is 2. The van der Waals surface area contributed by atoms with Gasteiger partial charge >= 0.3 is 0 Å². The van der Waals surface area contributed by atoms with Crippen molar-refractivity contribution in [2.24, 2.45) is 11.3 Å². The quantitative estimate of drug-likeness (QED) is 0.610. The molecular formula is C15H29N. The number of rotatable bonds is 0. The van der Waals surface area contributed by atoms with Crippen LogP contribution >= 0.6 is 0 Å². The highest BCUT2D eigenvalue weighted by molar-refractivity contribution is 5.01. The molecule has 2 atom stereocenters. The summed E-state index contributed by atoms with van der Waals surface area (Å²) in [5.74, 6) is -2.78. The van der Waals surface area contributed by atoms with Gasteiger partial charge in [0.15, 0.2) is 0 Å². The number of hydrogen-bond acceptors (Lipinski definition) is 1. The predicted octanol–water partition coefficient (Wildman–Crippen LogP) is 4.07. The Kier molecular flexibility index (Phi) is 1.06. The van der Waals surface area contributed by atoms with E-state index in [1.54, 1.807) is 0 Å². The van der Waals surface area contributed by atoms with Gasteiger partial charge < -0.3 is 0 Å². The molecule has 0 N–H and O–H groups in total. The molecule has 94 valence electrons. The lowest BCUT2D eigenvalue weighted by molar-refractivity contribution is -0.00409. The second kappa shape index (κ2) is 3.73. The first-order chi connectivity index (χ1) is 11.4. The second-order valence-corrected chi connectivity index (χ2v) is 6.33. The summed E-state index contributed by atoms with van der Waals surface area (Å²) in [6, 6.07) is -6.02. The topological polar surface area (TPSA) is 3.24 Å². The molecule has 2 saturated heterocycles. The Hall–Kier alpha value is -0.0400. The summed E-state index contributed by atoms with van der Waals surface area (Å²) < 4.78 is 95.4. The van der Waals surface area contributed by atoms with Gasteiger partial charge in [0.25, 0.3) is 0 Å². The summed E-state index contributed by atoms with van der Waals surface area (Å²) in [5.41, 5.74) is -2.78. The molecule has 0 aromatic heterocycles. The molecule has 0 aliphatic carbocycles. The molecule has 0 spiro atoms. The Balaban J connectivity index is 3.20. The van der Waals surface area contributed by atoms with Gasteiger partial charge in [-0.25, -0.2) is 0 Å². The highest BCUT2D eigenvalue weighted by Crippen LogP contribution is 2.47. The van der Waals surface area contributed by atoms with E-state index in [0.717, 1.165) is 0 Å². The largest absolute Gasteiger partial charge is 0.293 e. The van der Waals surface area contributed by atoms with Gasteiger partial charge in [0.1, 0.15) is 0 Å². The summed E-state index contributed by atoms with van der Waals surface area (Å²) in [6.45, 7) is 8.62. The average Bonchev–Trinajstić information content (AvgIpc) is 2.49. The standard InChI is InChI=1S/C15H29N/c1-14(2,3)11-9-12-7-8-13(10-11)16(12)15(4,5)6/h11-13H,7-10H2,1-6H3/i7D2,8D2,9D2,10D2,11D,12D,13D. The zero-order valence-electron chi connectivity index (χ0n) is 21.9. The van der Waals surface area contributed by atoms with Crippen molar-refractivity contribution in [3.8, 4) is 0 Å². The number of hydrogen-bond donors (Lipinski definition) is 0. The van der Waals surface area contributed by atoms with E-state index in [1.807, 2.05) is 0 Å². The molecule has 2 fully saturated rings. The van der Waals surface area contributed by atoms with Gasteiger partial charge in [-0.05, 0) is 57.6 Å². The highest BCUT2D eigenvalue weighted by atomic mass is 15.3. The van der Waals surface area contributed by atoms with Crippen LogP contribution in [0.4, 0.5) is 0 Å². The van der Waals surface area contributed by atoms with Gasteiger partial charge in [-0.3, -0.25) is 4.90 Å². The monoisotopic (exact) mass is 234 g/mol. The zero-order chi connectivity index (χ0) is 22.1. The Morgan fingerprint density at radius 2 is 1.44 bits per heavy atom. The minimum absolute atomic E-state index is 0.686. The van der Waals surface area contributed by atoms with Crippen LogP contribution in [0.15, 0.2) is 0 Å². The molecule has 0 aromatic rings. The van der Waals surface area contributed by atoms with Crippen LogP contribution in [-0.2, 0) is 0 Å². The van der Waals surface area contributed by atoms with Crippen molar-refractivity contribution < 1.29 is 15.1 Å². The lowest BCUT2D eigenvalue weighted by atomic mass is 9.72. The third-order valence-electron chi connectivity index (χ3n) is 2.65. The van der Waals surface area contributed by atoms with Gasteiger partial charge in [0.05, 0.1) is 0 Å². The van der Waals surface area contributed by atoms with E-state index in [0.29, 0.717) is 4.90 Å². The summed E-state index contributed by atoms with van der Waals surface area (Å²) in [4.78, 5) is 0.686. The predicted molar refractivity (Wildman–Crippen MR) is 70.6 cm³/mol. The maximum absolute atomic E-state index is 8.95. The smallest absolute Gasteiger partial charge is 0.0468 e. The summed E-state index contributed by atoms with van der Waals surface area (Å²) >= 11 is 0. The molecule has 2 aliphatic heterocycles. The van der Waals surface area contributed by atoms with Crippen molar-refractivity contribution in [3.63, 3.8) is 0 Å². The SMILES string of the molecule is [2H]C1([2H])C([2H])([2H])C2([2H])N(C(C)(C)C)C1([2H])C([2H])([2H])C([2H])(C(C)(C)C)C2([2H])[2H]. The van der Waals surface area contributed by atoms with Crippen molar-refractivity contribution in [3.05, 3.63) is 0 Å². The van der Waals surface area contributed by atoms with Crippen LogP contribution in [0.2, 0.25) is 0 Å². The zero-order valence-corrected chi connectivity index (χ0v) is 10.9. The van der Waals surface area contributed by atoms with Gasteiger partial charge in [-0.15, -0.1) is 0 Å². The maximum Gasteiger partial charge on any atom is 0.0468 e. The third-order valence-corrected chi connectivity index (χ3v) is 2.65. The molecule has 16 heavy (non-hydrogen) atoms. The molecule has 2 rings (SSSR count). The van der Waals surface area contributed by atoms with Crippen molar-refractivity contribution in [1.82, 2.24) is 4.90 Å². The molecule has 0 aromatic carbocycles. The van der Waals surface area contributed by atoms with Gasteiger partial charge in [-0.1, -0.05) is 20.8 Å². The molecule has 0 radical (unpaired) electrons. The van der Waals surface area contributed by atoms with Gasteiger partial charge in [-0.2, -0.15) is 0 Å². The Labute approximate surface area is 117 Å². The fourth-order valence-electron chi connectivity index (χ4n) is 1.83. The van der Waals surface area contributed by atoms with Crippen LogP contribution in [0.1, 0.15) is 82.1 Å². The van der Waals surface area contributed by atoms with Crippen molar-refractivity contribution in [1.29, 1.82) is 0 Å². The van der Waals surface area contributed by atoms with Crippen molar-refractivity contribution in [2.75, 3.05) is 0 Å². The minimum atomic E-state index is -3.26. The van der Waals surface area contributed by atoms with Crippen molar-refractivity contribution in [2.45, 2.75) is 84.6 Å². The lowest BCUT2D eigenvalue weighted by Crippen LogP contribution is -2.54. The van der Waals surface area contributed by atoms with E-state index >= 15 is 0 Å². The van der Waals surface area contributed by atoms with Gasteiger partial charge in [0, 0.05) is 32.7 Å². The average molecular weight is 234 g/mol. The number of piperidine rings is 1. The highest BCUT2D eigenvalue weighted by Gasteiger charge is 2.47. The van der Waals surface area contributed by atoms with E-state index in [2.05, 4.69) is 0 Å². The van der Waals surface area contributed by atoms with E-state index in [4.69, 9.17) is 15.1 Å². The Morgan fingerprint density at radius 3 is 1.75 bits per heavy atom. The first kappa shape index (κ1) is 4.57. The molecule has 0 saturated carbocycles. The molecule has 0 amide bonds. The summed E-state index contributed by atoms with van der Waals surface area (Å²) in [6.07, 6.45) is -12.8. The van der Waals surface area contributed by atoms with E-state index in [-0.39, 0.29) is 0 Å². The lowest BCUT2D eigenvalue weighted by Gasteiger charge is -2.49. The van der Waals surface area contributed by atoms with E-state index in [9.17, 15) is 0 Å². The molecule has 2 unspecified atom stereocenters. The summed E-state index contributed by atoms with van der Waals surface area (Å²) in [5, 5.41) is 0. The molecule has 2 bridgehead atoms. The van der Waals surface area contributed by atoms with E-state index < -0.39 is 54.4 Å². The molecule has 2 aliphatic rings. The van der Waals surface area contributed by atoms with Crippen LogP contribution in [0.25, 0.3) is 0 Å². The Morgan fingerprint density at radius 1 is 1.00 bits per heavy atom. The second-order valence-electron chi connectivity index (χ2n) is 6.33. The van der Waals surface area contributed by atoms with Crippen LogP contribution in [0, 0.1) is 11.3 Å². The normalized spacial score (nSPS) is 73.2. The molecule has 2 heterocycles. The van der Waals surface area contributed by atoms with Gasteiger partial charge in [0.2, 0.25) is 0 Å². The minimum Gasteiger partial charge on any atom is -0.293 e. The maximum atomic E-state index is 8.95. The molecule has 1 heteroatoms. The van der Waals surface area contributed by atoms with Crippen LogP contribution in [0.5, 0.6) is 0 Å².